The lowest BCUT2D eigenvalue weighted by Crippen LogP contribution is -2.59. The Morgan fingerprint density at radius 1 is 1.00 bits per heavy atom. The molecule has 0 saturated carbocycles. The molecule has 0 saturated heterocycles. The van der Waals surface area contributed by atoms with Crippen molar-refractivity contribution in [1.82, 2.24) is 0 Å². The van der Waals surface area contributed by atoms with Gasteiger partial charge in [0, 0.05) is 17.2 Å². The Morgan fingerprint density at radius 2 is 1.43 bits per heavy atom. The van der Waals surface area contributed by atoms with Crippen LogP contribution in [0, 0.1) is 0 Å². The SMILES string of the molecule is C=CC(=O)O[Si](O[Si](C)(C)O[Si](C)(C)C)(C(C)CC)C(C)CC. The second-order valence-corrected chi connectivity index (χ2v) is 20.0. The average Bonchev–Trinajstić information content (AvgIpc) is 2.41. The summed E-state index contributed by atoms with van der Waals surface area (Å²) in [5.41, 5.74) is 0.414. The summed E-state index contributed by atoms with van der Waals surface area (Å²) < 4.78 is 19.0. The van der Waals surface area contributed by atoms with Crippen molar-refractivity contribution in [1.29, 1.82) is 0 Å². The van der Waals surface area contributed by atoms with Gasteiger partial charge in [0.2, 0.25) is 0 Å². The van der Waals surface area contributed by atoms with E-state index >= 15 is 0 Å². The molecule has 0 aromatic rings. The molecule has 0 fully saturated rings. The van der Waals surface area contributed by atoms with E-state index in [1.165, 1.54) is 6.08 Å². The molecule has 0 spiro atoms. The fraction of sp³-hybridized carbons (Fsp3) is 0.812. The molecule has 0 amide bonds. The average molecular weight is 377 g/mol. The summed E-state index contributed by atoms with van der Waals surface area (Å²) in [7, 11) is -6.92. The van der Waals surface area contributed by atoms with E-state index in [0.29, 0.717) is 0 Å². The largest absolute Gasteiger partial charge is 0.491 e. The molecule has 0 aromatic carbocycles. The molecule has 0 aliphatic heterocycles. The Morgan fingerprint density at radius 3 is 1.74 bits per heavy atom. The van der Waals surface area contributed by atoms with Crippen LogP contribution in [0.1, 0.15) is 40.5 Å². The molecule has 0 aliphatic carbocycles. The van der Waals surface area contributed by atoms with Crippen LogP contribution in [0.15, 0.2) is 12.7 Å². The minimum absolute atomic E-state index is 0.207. The minimum atomic E-state index is -2.78. The van der Waals surface area contributed by atoms with Gasteiger partial charge in [-0.3, -0.25) is 0 Å². The Hall–Kier alpha value is -0.219. The first-order chi connectivity index (χ1) is 10.3. The summed E-state index contributed by atoms with van der Waals surface area (Å²) in [4.78, 5) is 12.0. The zero-order valence-corrected chi connectivity index (χ0v) is 19.5. The minimum Gasteiger partial charge on any atom is -0.491 e. The van der Waals surface area contributed by atoms with Gasteiger partial charge < -0.3 is 12.7 Å². The van der Waals surface area contributed by atoms with Crippen LogP contribution in [0.2, 0.25) is 43.8 Å². The van der Waals surface area contributed by atoms with Crippen molar-refractivity contribution in [3.63, 3.8) is 0 Å². The Kier molecular flexibility index (Phi) is 8.67. The summed E-state index contributed by atoms with van der Waals surface area (Å²) in [6.07, 6.45) is 3.07. The van der Waals surface area contributed by atoms with E-state index in [-0.39, 0.29) is 17.1 Å². The standard InChI is InChI=1S/C16H36O4Si3/c1-11-14(4)23(15(5)12-2,18-16(17)13-3)20-22(9,10)19-21(6,7)8/h13-15H,3,11-12H2,1-2,4-10H3. The fourth-order valence-corrected chi connectivity index (χ4v) is 17.0. The number of rotatable bonds is 10. The van der Waals surface area contributed by atoms with Gasteiger partial charge in [-0.25, -0.2) is 4.79 Å². The van der Waals surface area contributed by atoms with Crippen molar-refractivity contribution in [2.75, 3.05) is 0 Å². The van der Waals surface area contributed by atoms with Crippen molar-refractivity contribution in [2.24, 2.45) is 0 Å². The third-order valence-electron chi connectivity index (χ3n) is 3.98. The second kappa shape index (κ2) is 8.75. The van der Waals surface area contributed by atoms with Crippen LogP contribution in [0.5, 0.6) is 0 Å². The first kappa shape index (κ1) is 22.8. The molecule has 4 nitrogen and oxygen atoms in total. The van der Waals surface area contributed by atoms with Gasteiger partial charge >= 0.3 is 23.1 Å². The highest BCUT2D eigenvalue weighted by Crippen LogP contribution is 2.41. The van der Waals surface area contributed by atoms with Gasteiger partial charge in [0.1, 0.15) is 0 Å². The van der Waals surface area contributed by atoms with E-state index in [4.69, 9.17) is 12.7 Å². The van der Waals surface area contributed by atoms with E-state index in [1.807, 2.05) is 0 Å². The van der Waals surface area contributed by atoms with Gasteiger partial charge in [0.15, 0.2) is 8.32 Å². The zero-order chi connectivity index (χ0) is 18.5. The van der Waals surface area contributed by atoms with E-state index in [9.17, 15) is 4.79 Å². The van der Waals surface area contributed by atoms with E-state index < -0.39 is 25.4 Å². The normalized spacial score (nSPS) is 18.0. The first-order valence-corrected chi connectivity index (χ1v) is 16.8. The van der Waals surface area contributed by atoms with Crippen molar-refractivity contribution in [2.45, 2.75) is 84.4 Å². The number of carbonyl (C=O) groups excluding carboxylic acids is 1. The molecule has 0 heterocycles. The summed E-state index contributed by atoms with van der Waals surface area (Å²) in [6, 6.07) is 0. The highest BCUT2D eigenvalue weighted by molar-refractivity contribution is 6.87. The molecule has 136 valence electrons. The van der Waals surface area contributed by atoms with Gasteiger partial charge in [0.25, 0.3) is 0 Å². The van der Waals surface area contributed by atoms with E-state index in [2.05, 4.69) is 67.0 Å². The van der Waals surface area contributed by atoms with Crippen LogP contribution in [0.4, 0.5) is 0 Å². The molecule has 0 rings (SSSR count). The molecule has 2 unspecified atom stereocenters. The Balaban J connectivity index is 5.79. The quantitative estimate of drug-likeness (QED) is 0.382. The van der Waals surface area contributed by atoms with Crippen LogP contribution in [-0.4, -0.2) is 31.4 Å². The lowest BCUT2D eigenvalue weighted by molar-refractivity contribution is -0.131. The highest BCUT2D eigenvalue weighted by atomic mass is 28.5. The molecular weight excluding hydrogens is 340 g/mol. The van der Waals surface area contributed by atoms with Gasteiger partial charge in [-0.15, -0.1) is 0 Å². The van der Waals surface area contributed by atoms with Gasteiger partial charge in [-0.05, 0) is 32.7 Å². The molecule has 23 heavy (non-hydrogen) atoms. The second-order valence-electron chi connectivity index (χ2n) is 7.68. The lowest BCUT2D eigenvalue weighted by Gasteiger charge is -2.44. The predicted molar refractivity (Wildman–Crippen MR) is 104 cm³/mol. The summed E-state index contributed by atoms with van der Waals surface area (Å²) >= 11 is 0. The number of carbonyl (C=O) groups is 1. The third kappa shape index (κ3) is 7.04. The Bertz CT molecular complexity index is 395. The molecule has 0 aliphatic rings. The zero-order valence-electron chi connectivity index (χ0n) is 16.5. The van der Waals surface area contributed by atoms with E-state index in [0.717, 1.165) is 12.8 Å². The smallest absolute Gasteiger partial charge is 0.398 e. The maximum absolute atomic E-state index is 12.0. The van der Waals surface area contributed by atoms with Gasteiger partial charge in [0.05, 0.1) is 0 Å². The van der Waals surface area contributed by atoms with Crippen molar-refractivity contribution >= 4 is 31.4 Å². The summed E-state index contributed by atoms with van der Waals surface area (Å²) in [5, 5.41) is 0. The van der Waals surface area contributed by atoms with E-state index in [1.54, 1.807) is 0 Å². The molecule has 2 atom stereocenters. The van der Waals surface area contributed by atoms with Crippen LogP contribution in [-0.2, 0) is 17.5 Å². The molecule has 0 radical (unpaired) electrons. The maximum Gasteiger partial charge on any atom is 0.398 e. The van der Waals surface area contributed by atoms with Crippen LogP contribution in [0.25, 0.3) is 0 Å². The highest BCUT2D eigenvalue weighted by Gasteiger charge is 2.54. The van der Waals surface area contributed by atoms with Crippen molar-refractivity contribution in [3.8, 4) is 0 Å². The van der Waals surface area contributed by atoms with Crippen LogP contribution < -0.4 is 0 Å². The number of hydrogen-bond acceptors (Lipinski definition) is 4. The molecule has 0 aromatic heterocycles. The fourth-order valence-electron chi connectivity index (χ4n) is 2.82. The van der Waals surface area contributed by atoms with Gasteiger partial charge in [-0.1, -0.05) is 47.1 Å². The predicted octanol–water partition coefficient (Wildman–Crippen LogP) is 5.33. The number of hydrogen-bond donors (Lipinski definition) is 0. The van der Waals surface area contributed by atoms with Crippen molar-refractivity contribution in [3.05, 3.63) is 12.7 Å². The monoisotopic (exact) mass is 376 g/mol. The van der Waals surface area contributed by atoms with Crippen LogP contribution >= 0.6 is 0 Å². The van der Waals surface area contributed by atoms with Crippen molar-refractivity contribution < 1.29 is 17.5 Å². The molecule has 0 bridgehead atoms. The molecular formula is C16H36O4Si3. The lowest BCUT2D eigenvalue weighted by atomic mass is 10.4. The summed E-state index contributed by atoms with van der Waals surface area (Å²) in [6.45, 7) is 22.7. The third-order valence-corrected chi connectivity index (χ3v) is 15.7. The van der Waals surface area contributed by atoms with Gasteiger partial charge in [-0.2, -0.15) is 0 Å². The maximum atomic E-state index is 12.0. The summed E-state index contributed by atoms with van der Waals surface area (Å²) in [5.74, 6) is -0.380. The molecule has 0 N–H and O–H groups in total. The molecule has 7 heteroatoms. The van der Waals surface area contributed by atoms with Crippen LogP contribution in [0.3, 0.4) is 0 Å². The Labute approximate surface area is 146 Å². The topological polar surface area (TPSA) is 44.8 Å². The first-order valence-electron chi connectivity index (χ1n) is 8.59.